The third kappa shape index (κ3) is 9.69. The number of carbonyl (C=O) groups excluding carboxylic acids is 4. The second kappa shape index (κ2) is 13.5. The molecule has 0 aromatic heterocycles. The Balaban J connectivity index is 3.04. The molecule has 0 saturated carbocycles. The quantitative estimate of drug-likeness (QED) is 0.332. The molecule has 2 unspecified atom stereocenters. The number of aliphatic hydroxyl groups excluding tert-OH is 1. The Morgan fingerprint density at radius 1 is 1.14 bits per heavy atom. The zero-order valence-electron chi connectivity index (χ0n) is 22.8. The Hall–Kier alpha value is -2.80. The zero-order chi connectivity index (χ0) is 27.7. The number of rotatable bonds is 10. The molecule has 36 heavy (non-hydrogen) atoms. The number of hydrogen-bond acceptors (Lipinski definition) is 6. The minimum atomic E-state index is -1.48. The maximum absolute atomic E-state index is 13.6. The van der Waals surface area contributed by atoms with Crippen LogP contribution in [-0.2, 0) is 19.1 Å². The fourth-order valence-corrected chi connectivity index (χ4v) is 3.91. The molecule has 0 aromatic rings. The normalized spacial score (nSPS) is 18.4. The van der Waals surface area contributed by atoms with E-state index in [0.29, 0.717) is 32.4 Å². The monoisotopic (exact) mass is 508 g/mol. The lowest BCUT2D eigenvalue weighted by Crippen LogP contribution is -2.59. The van der Waals surface area contributed by atoms with Gasteiger partial charge in [-0.25, -0.2) is 4.79 Å². The summed E-state index contributed by atoms with van der Waals surface area (Å²) in [5.41, 5.74) is -1.39. The van der Waals surface area contributed by atoms with E-state index in [1.54, 1.807) is 20.8 Å². The second-order valence-electron chi connectivity index (χ2n) is 11.2. The number of aliphatic hydroxyl groups is 1. The van der Waals surface area contributed by atoms with Gasteiger partial charge in [-0.3, -0.25) is 14.4 Å². The topological polar surface area (TPSA) is 137 Å². The number of alkyl carbamates (subject to hydrolysis) is 1. The van der Waals surface area contributed by atoms with Crippen LogP contribution in [-0.4, -0.2) is 76.7 Å². The maximum atomic E-state index is 13.6. The summed E-state index contributed by atoms with van der Waals surface area (Å²) in [6.45, 7) is 13.3. The van der Waals surface area contributed by atoms with Gasteiger partial charge in [0, 0.05) is 19.5 Å². The molecule has 10 heteroatoms. The van der Waals surface area contributed by atoms with Gasteiger partial charge in [0.1, 0.15) is 17.7 Å². The summed E-state index contributed by atoms with van der Waals surface area (Å²) in [6, 6.07) is -2.63. The van der Waals surface area contributed by atoms with Crippen molar-refractivity contribution >= 4 is 23.8 Å². The fraction of sp³-hybridized carbons (Fsp3) is 0.769. The van der Waals surface area contributed by atoms with E-state index >= 15 is 0 Å². The molecule has 1 saturated heterocycles. The highest BCUT2D eigenvalue weighted by atomic mass is 16.6. The standard InChI is InChI=1S/C26H44N4O6/c1-9-11-13-17(19(31)22(33)27-15-10-2)28-21(32)18-14-12-16-30(18)23(34)20(25(3,4)5)29-24(35)36-26(6,7)8/h1,17-20,31H,10-16H2,2-8H3,(H,27,33)(H,28,32)(H,29,35)/t17?,18-,19?,20+/m0/s1. The first-order chi connectivity index (χ1) is 16.6. The molecule has 204 valence electrons. The molecule has 0 aromatic carbocycles. The minimum Gasteiger partial charge on any atom is -0.444 e. The van der Waals surface area contributed by atoms with Crippen LogP contribution < -0.4 is 16.0 Å². The molecule has 10 nitrogen and oxygen atoms in total. The highest BCUT2D eigenvalue weighted by Gasteiger charge is 2.43. The summed E-state index contributed by atoms with van der Waals surface area (Å²) in [5.74, 6) is 0.997. The van der Waals surface area contributed by atoms with Crippen LogP contribution >= 0.6 is 0 Å². The van der Waals surface area contributed by atoms with Crippen molar-refractivity contribution < 1.29 is 29.0 Å². The first-order valence-corrected chi connectivity index (χ1v) is 12.6. The largest absolute Gasteiger partial charge is 0.444 e. The average molecular weight is 509 g/mol. The van der Waals surface area contributed by atoms with Gasteiger partial charge in [-0.05, 0) is 51.9 Å². The summed E-state index contributed by atoms with van der Waals surface area (Å²) in [5, 5.41) is 18.6. The molecule has 4 N–H and O–H groups in total. The predicted molar refractivity (Wildman–Crippen MR) is 137 cm³/mol. The lowest BCUT2D eigenvalue weighted by molar-refractivity contribution is -0.143. The van der Waals surface area contributed by atoms with Gasteiger partial charge in [0.15, 0.2) is 6.10 Å². The van der Waals surface area contributed by atoms with Crippen molar-refractivity contribution in [2.45, 2.75) is 110 Å². The van der Waals surface area contributed by atoms with Gasteiger partial charge in [0.25, 0.3) is 5.91 Å². The first-order valence-electron chi connectivity index (χ1n) is 12.6. The SMILES string of the molecule is C#CCCC(NC(=O)[C@@H]1CCCN1C(=O)[C@@H](NC(=O)OC(C)(C)C)C(C)(C)C)C(O)C(=O)NCCC. The van der Waals surface area contributed by atoms with Crippen LogP contribution in [0.1, 0.15) is 80.6 Å². The van der Waals surface area contributed by atoms with Crippen LogP contribution in [0.25, 0.3) is 0 Å². The lowest BCUT2D eigenvalue weighted by Gasteiger charge is -2.36. The van der Waals surface area contributed by atoms with Gasteiger partial charge < -0.3 is 30.7 Å². The molecule has 0 aliphatic carbocycles. The van der Waals surface area contributed by atoms with E-state index in [0.717, 1.165) is 0 Å². The van der Waals surface area contributed by atoms with E-state index in [2.05, 4.69) is 21.9 Å². The van der Waals surface area contributed by atoms with Crippen molar-refractivity contribution in [1.82, 2.24) is 20.9 Å². The van der Waals surface area contributed by atoms with E-state index < -0.39 is 59.1 Å². The maximum Gasteiger partial charge on any atom is 0.408 e. The Kier molecular flexibility index (Phi) is 11.7. The molecule has 4 atom stereocenters. The van der Waals surface area contributed by atoms with E-state index in [9.17, 15) is 24.3 Å². The number of ether oxygens (including phenoxy) is 1. The van der Waals surface area contributed by atoms with E-state index in [4.69, 9.17) is 11.2 Å². The number of nitrogens with one attached hydrogen (secondary N) is 3. The predicted octanol–water partition coefficient (Wildman–Crippen LogP) is 1.70. The third-order valence-electron chi connectivity index (χ3n) is 5.74. The number of hydrogen-bond donors (Lipinski definition) is 4. The van der Waals surface area contributed by atoms with E-state index in [-0.39, 0.29) is 12.8 Å². The molecule has 0 bridgehead atoms. The van der Waals surface area contributed by atoms with Crippen molar-refractivity contribution in [2.24, 2.45) is 5.41 Å². The van der Waals surface area contributed by atoms with Gasteiger partial charge in [0.2, 0.25) is 11.8 Å². The highest BCUT2D eigenvalue weighted by molar-refractivity contribution is 5.93. The number of amides is 4. The molecular formula is C26H44N4O6. The van der Waals surface area contributed by atoms with E-state index in [1.807, 2.05) is 27.7 Å². The molecule has 1 heterocycles. The number of nitrogens with zero attached hydrogens (tertiary/aromatic N) is 1. The summed E-state index contributed by atoms with van der Waals surface area (Å²) in [6.07, 6.45) is 5.34. The summed E-state index contributed by atoms with van der Waals surface area (Å²) in [7, 11) is 0. The fourth-order valence-electron chi connectivity index (χ4n) is 3.91. The molecule has 4 amide bonds. The minimum absolute atomic E-state index is 0.203. The van der Waals surface area contributed by atoms with Crippen LogP contribution in [0, 0.1) is 17.8 Å². The second-order valence-corrected chi connectivity index (χ2v) is 11.2. The van der Waals surface area contributed by atoms with Gasteiger partial charge in [-0.2, -0.15) is 0 Å². The van der Waals surface area contributed by atoms with Crippen LogP contribution in [0.5, 0.6) is 0 Å². The molecule has 0 radical (unpaired) electrons. The van der Waals surface area contributed by atoms with Crippen molar-refractivity contribution in [3.63, 3.8) is 0 Å². The molecule has 1 fully saturated rings. The molecule has 1 aliphatic rings. The summed E-state index contributed by atoms with van der Waals surface area (Å²) in [4.78, 5) is 53.0. The van der Waals surface area contributed by atoms with Crippen molar-refractivity contribution in [3.8, 4) is 12.3 Å². The lowest BCUT2D eigenvalue weighted by atomic mass is 9.85. The van der Waals surface area contributed by atoms with Crippen LogP contribution in [0.2, 0.25) is 0 Å². The summed E-state index contributed by atoms with van der Waals surface area (Å²) >= 11 is 0. The van der Waals surface area contributed by atoms with Gasteiger partial charge >= 0.3 is 6.09 Å². The highest BCUT2D eigenvalue weighted by Crippen LogP contribution is 2.26. The van der Waals surface area contributed by atoms with Crippen LogP contribution in [0.4, 0.5) is 4.79 Å². The Morgan fingerprint density at radius 2 is 1.78 bits per heavy atom. The molecule has 1 rings (SSSR count). The zero-order valence-corrected chi connectivity index (χ0v) is 22.8. The Bertz CT molecular complexity index is 824. The van der Waals surface area contributed by atoms with Crippen molar-refractivity contribution in [1.29, 1.82) is 0 Å². The first kappa shape index (κ1) is 31.2. The number of likely N-dealkylation sites (tertiary alicyclic amines) is 1. The van der Waals surface area contributed by atoms with Crippen LogP contribution in [0.3, 0.4) is 0 Å². The molecule has 1 aliphatic heterocycles. The number of terminal acetylenes is 1. The molecule has 0 spiro atoms. The van der Waals surface area contributed by atoms with E-state index in [1.165, 1.54) is 4.90 Å². The Morgan fingerprint density at radius 3 is 2.31 bits per heavy atom. The van der Waals surface area contributed by atoms with Crippen molar-refractivity contribution in [3.05, 3.63) is 0 Å². The molecular weight excluding hydrogens is 464 g/mol. The number of carbonyl (C=O) groups is 4. The van der Waals surface area contributed by atoms with Gasteiger partial charge in [0.05, 0.1) is 6.04 Å². The van der Waals surface area contributed by atoms with Crippen LogP contribution in [0.15, 0.2) is 0 Å². The van der Waals surface area contributed by atoms with Crippen molar-refractivity contribution in [2.75, 3.05) is 13.1 Å². The van der Waals surface area contributed by atoms with Gasteiger partial charge in [-0.1, -0.05) is 27.7 Å². The van der Waals surface area contributed by atoms with Gasteiger partial charge in [-0.15, -0.1) is 12.3 Å². The summed E-state index contributed by atoms with van der Waals surface area (Å²) < 4.78 is 5.34. The Labute approximate surface area is 215 Å². The smallest absolute Gasteiger partial charge is 0.408 e. The average Bonchev–Trinajstić information content (AvgIpc) is 3.25. The third-order valence-corrected chi connectivity index (χ3v) is 5.74.